The lowest BCUT2D eigenvalue weighted by molar-refractivity contribution is -0.0762. The van der Waals surface area contributed by atoms with Crippen molar-refractivity contribution >= 4 is 0 Å². The van der Waals surface area contributed by atoms with E-state index in [9.17, 15) is 5.11 Å². The van der Waals surface area contributed by atoms with Crippen molar-refractivity contribution in [3.63, 3.8) is 0 Å². The third-order valence-corrected chi connectivity index (χ3v) is 3.92. The summed E-state index contributed by atoms with van der Waals surface area (Å²) in [6.45, 7) is 9.41. The third kappa shape index (κ3) is 5.40. The number of aliphatic hydroxyl groups is 1. The number of benzene rings is 1. The van der Waals surface area contributed by atoms with Crippen LogP contribution in [0, 0.1) is 0 Å². The van der Waals surface area contributed by atoms with E-state index in [0.717, 1.165) is 13.1 Å². The van der Waals surface area contributed by atoms with E-state index in [0.29, 0.717) is 13.1 Å². The minimum absolute atomic E-state index is 0.247. The van der Waals surface area contributed by atoms with Gasteiger partial charge in [-0.2, -0.15) is 0 Å². The van der Waals surface area contributed by atoms with Gasteiger partial charge in [0.2, 0.25) is 0 Å². The Morgan fingerprint density at radius 3 is 2.48 bits per heavy atom. The molecule has 1 heterocycles. The highest BCUT2D eigenvalue weighted by molar-refractivity contribution is 5.17. The molecule has 0 amide bonds. The lowest BCUT2D eigenvalue weighted by Crippen LogP contribution is -2.49. The molecule has 1 aromatic rings. The molecule has 0 spiro atoms. The highest BCUT2D eigenvalue weighted by Gasteiger charge is 2.23. The highest BCUT2D eigenvalue weighted by Crippen LogP contribution is 2.12. The summed E-state index contributed by atoms with van der Waals surface area (Å²) in [5, 5.41) is 13.6. The summed E-state index contributed by atoms with van der Waals surface area (Å²) in [5.74, 6) is 0. The molecule has 0 bridgehead atoms. The Morgan fingerprint density at radius 1 is 1.24 bits per heavy atom. The predicted octanol–water partition coefficient (Wildman–Crippen LogP) is 1.81. The van der Waals surface area contributed by atoms with Gasteiger partial charge in [-0.05, 0) is 26.3 Å². The zero-order valence-corrected chi connectivity index (χ0v) is 13.3. The van der Waals surface area contributed by atoms with Crippen LogP contribution in [0.5, 0.6) is 0 Å². The number of nitrogens with zero attached hydrogens (tertiary/aromatic N) is 1. The first-order chi connectivity index (χ1) is 10.0. The maximum Gasteiger partial charge on any atom is 0.0791 e. The van der Waals surface area contributed by atoms with Crippen molar-refractivity contribution in [2.24, 2.45) is 0 Å². The Balaban J connectivity index is 1.73. The highest BCUT2D eigenvalue weighted by atomic mass is 16.5. The van der Waals surface area contributed by atoms with Gasteiger partial charge >= 0.3 is 0 Å². The van der Waals surface area contributed by atoms with Gasteiger partial charge in [-0.1, -0.05) is 30.3 Å². The standard InChI is InChI=1S/C17H28N2O2/c1-13-10-19(11-14(2)21-13)12-17(20)9-18-15(3)16-7-5-4-6-8-16/h4-8,13-15,17-18,20H,9-12H2,1-3H3. The van der Waals surface area contributed by atoms with E-state index in [1.165, 1.54) is 5.56 Å². The molecule has 4 heteroatoms. The summed E-state index contributed by atoms with van der Waals surface area (Å²) >= 11 is 0. The van der Waals surface area contributed by atoms with Gasteiger partial charge in [0.05, 0.1) is 18.3 Å². The van der Waals surface area contributed by atoms with E-state index in [1.54, 1.807) is 0 Å². The van der Waals surface area contributed by atoms with E-state index < -0.39 is 0 Å². The molecule has 1 aliphatic heterocycles. The number of β-amino-alcohol motifs (C(OH)–C–C–N with tert-alkyl or cyclic N) is 1. The number of hydrogen-bond acceptors (Lipinski definition) is 4. The summed E-state index contributed by atoms with van der Waals surface area (Å²) < 4.78 is 5.72. The van der Waals surface area contributed by atoms with E-state index in [2.05, 4.69) is 43.1 Å². The van der Waals surface area contributed by atoms with Crippen LogP contribution in [0.15, 0.2) is 30.3 Å². The van der Waals surface area contributed by atoms with Crippen molar-refractivity contribution in [1.82, 2.24) is 10.2 Å². The van der Waals surface area contributed by atoms with Gasteiger partial charge in [0.15, 0.2) is 0 Å². The molecule has 21 heavy (non-hydrogen) atoms. The van der Waals surface area contributed by atoms with Crippen LogP contribution in [0.25, 0.3) is 0 Å². The van der Waals surface area contributed by atoms with E-state index in [1.807, 2.05) is 18.2 Å². The van der Waals surface area contributed by atoms with Crippen LogP contribution in [0.4, 0.5) is 0 Å². The van der Waals surface area contributed by atoms with Crippen LogP contribution in [0.1, 0.15) is 32.4 Å². The number of rotatable bonds is 6. The average molecular weight is 292 g/mol. The zero-order valence-electron chi connectivity index (χ0n) is 13.3. The smallest absolute Gasteiger partial charge is 0.0791 e. The number of ether oxygens (including phenoxy) is 1. The van der Waals surface area contributed by atoms with Gasteiger partial charge in [-0.25, -0.2) is 0 Å². The summed E-state index contributed by atoms with van der Waals surface area (Å²) in [5.41, 5.74) is 1.25. The molecule has 1 aliphatic rings. The molecule has 2 N–H and O–H groups in total. The Morgan fingerprint density at radius 2 is 1.86 bits per heavy atom. The second kappa shape index (κ2) is 7.90. The van der Waals surface area contributed by atoms with Gasteiger partial charge in [0, 0.05) is 32.2 Å². The van der Waals surface area contributed by atoms with E-state index in [-0.39, 0.29) is 24.4 Å². The maximum atomic E-state index is 10.2. The number of aliphatic hydroxyl groups excluding tert-OH is 1. The summed E-state index contributed by atoms with van der Waals surface area (Å²) in [7, 11) is 0. The molecule has 118 valence electrons. The van der Waals surface area contributed by atoms with Crippen molar-refractivity contribution in [1.29, 1.82) is 0 Å². The van der Waals surface area contributed by atoms with Crippen molar-refractivity contribution in [3.8, 4) is 0 Å². The predicted molar refractivity (Wildman–Crippen MR) is 85.3 cm³/mol. The minimum Gasteiger partial charge on any atom is -0.390 e. The summed E-state index contributed by atoms with van der Waals surface area (Å²) in [6.07, 6.45) is 0.142. The number of hydrogen-bond donors (Lipinski definition) is 2. The van der Waals surface area contributed by atoms with E-state index >= 15 is 0 Å². The molecule has 0 aliphatic carbocycles. The van der Waals surface area contributed by atoms with Crippen molar-refractivity contribution in [2.75, 3.05) is 26.2 Å². The van der Waals surface area contributed by atoms with Crippen LogP contribution in [0.3, 0.4) is 0 Å². The fourth-order valence-corrected chi connectivity index (χ4v) is 2.97. The van der Waals surface area contributed by atoms with Crippen molar-refractivity contribution < 1.29 is 9.84 Å². The topological polar surface area (TPSA) is 44.7 Å². The van der Waals surface area contributed by atoms with Crippen LogP contribution in [0.2, 0.25) is 0 Å². The van der Waals surface area contributed by atoms with Crippen LogP contribution in [-0.2, 0) is 4.74 Å². The fourth-order valence-electron chi connectivity index (χ4n) is 2.97. The third-order valence-electron chi connectivity index (χ3n) is 3.92. The van der Waals surface area contributed by atoms with Crippen molar-refractivity contribution in [3.05, 3.63) is 35.9 Å². The first-order valence-corrected chi connectivity index (χ1v) is 7.88. The second-order valence-electron chi connectivity index (χ2n) is 6.17. The minimum atomic E-state index is -0.353. The van der Waals surface area contributed by atoms with Crippen LogP contribution in [-0.4, -0.2) is 54.5 Å². The Kier molecular flexibility index (Phi) is 6.18. The molecular weight excluding hydrogens is 264 g/mol. The molecule has 2 rings (SSSR count). The maximum absolute atomic E-state index is 10.2. The molecule has 4 unspecified atom stereocenters. The largest absolute Gasteiger partial charge is 0.390 e. The van der Waals surface area contributed by atoms with Crippen LogP contribution >= 0.6 is 0 Å². The molecule has 0 radical (unpaired) electrons. The lowest BCUT2D eigenvalue weighted by Gasteiger charge is -2.36. The Bertz CT molecular complexity index is 403. The quantitative estimate of drug-likeness (QED) is 0.839. The zero-order chi connectivity index (χ0) is 15.2. The van der Waals surface area contributed by atoms with Gasteiger partial charge in [-0.15, -0.1) is 0 Å². The first-order valence-electron chi connectivity index (χ1n) is 7.88. The molecule has 1 fully saturated rings. The molecular formula is C17H28N2O2. The molecule has 4 nitrogen and oxygen atoms in total. The molecule has 0 saturated carbocycles. The fraction of sp³-hybridized carbons (Fsp3) is 0.647. The Hall–Kier alpha value is -0.940. The molecule has 1 aromatic carbocycles. The second-order valence-corrected chi connectivity index (χ2v) is 6.17. The van der Waals surface area contributed by atoms with E-state index in [4.69, 9.17) is 4.74 Å². The molecule has 0 aromatic heterocycles. The van der Waals surface area contributed by atoms with Gasteiger partial charge in [0.25, 0.3) is 0 Å². The average Bonchev–Trinajstić information content (AvgIpc) is 2.44. The normalized spacial score (nSPS) is 26.5. The lowest BCUT2D eigenvalue weighted by atomic mass is 10.1. The van der Waals surface area contributed by atoms with Crippen LogP contribution < -0.4 is 5.32 Å². The molecule has 4 atom stereocenters. The van der Waals surface area contributed by atoms with Gasteiger partial charge in [-0.3, -0.25) is 4.90 Å². The number of morpholine rings is 1. The summed E-state index contributed by atoms with van der Waals surface area (Å²) in [6, 6.07) is 10.6. The van der Waals surface area contributed by atoms with Crippen molar-refractivity contribution in [2.45, 2.75) is 45.1 Å². The SMILES string of the molecule is CC1CN(CC(O)CNC(C)c2ccccc2)CC(C)O1. The monoisotopic (exact) mass is 292 g/mol. The van der Waals surface area contributed by atoms with Gasteiger partial charge < -0.3 is 15.2 Å². The van der Waals surface area contributed by atoms with Gasteiger partial charge in [0.1, 0.15) is 0 Å². The first kappa shape index (κ1) is 16.4. The Labute approximate surface area is 128 Å². The number of nitrogens with one attached hydrogen (secondary N) is 1. The molecule has 1 saturated heterocycles. The summed E-state index contributed by atoms with van der Waals surface area (Å²) in [4.78, 5) is 2.29.